The van der Waals surface area contributed by atoms with Crippen molar-refractivity contribution in [3.05, 3.63) is 11.1 Å². The summed E-state index contributed by atoms with van der Waals surface area (Å²) in [6.45, 7) is 17.1. The Hall–Kier alpha value is -0.630. The van der Waals surface area contributed by atoms with Crippen LogP contribution in [0.5, 0.6) is 0 Å². The third-order valence-electron chi connectivity index (χ3n) is 11.9. The van der Waals surface area contributed by atoms with E-state index in [4.69, 9.17) is 4.74 Å². The van der Waals surface area contributed by atoms with Gasteiger partial charge in [-0.25, -0.2) is 0 Å². The van der Waals surface area contributed by atoms with Crippen molar-refractivity contribution in [1.29, 1.82) is 0 Å². The van der Waals surface area contributed by atoms with E-state index < -0.39 is 0 Å². The largest absolute Gasteiger partial charge is 0.372 e. The molecule has 2 nitrogen and oxygen atoms in total. The van der Waals surface area contributed by atoms with Gasteiger partial charge in [-0.2, -0.15) is 0 Å². The predicted molar refractivity (Wildman–Crippen MR) is 127 cm³/mol. The summed E-state index contributed by atoms with van der Waals surface area (Å²) in [6.07, 6.45) is 12.6. The highest BCUT2D eigenvalue weighted by molar-refractivity contribution is 5.82. The second-order valence-electron chi connectivity index (χ2n) is 13.5. The van der Waals surface area contributed by atoms with E-state index in [9.17, 15) is 4.79 Å². The Morgan fingerprint density at radius 2 is 1.61 bits per heavy atom. The van der Waals surface area contributed by atoms with Gasteiger partial charge in [0, 0.05) is 12.3 Å². The van der Waals surface area contributed by atoms with E-state index in [1.54, 1.807) is 5.57 Å². The molecule has 3 fully saturated rings. The van der Waals surface area contributed by atoms with Crippen molar-refractivity contribution in [2.24, 2.45) is 39.9 Å². The lowest BCUT2D eigenvalue weighted by Crippen LogP contribution is -2.51. The molecule has 0 spiro atoms. The highest BCUT2D eigenvalue weighted by atomic mass is 16.5. The number of hydrogen-bond acceptors (Lipinski definition) is 2. The van der Waals surface area contributed by atoms with E-state index in [1.807, 2.05) is 5.57 Å². The van der Waals surface area contributed by atoms with Gasteiger partial charge in [-0.1, -0.05) is 45.8 Å². The number of ketones is 1. The maximum absolute atomic E-state index is 12.5. The molecule has 4 aliphatic carbocycles. The predicted octanol–water partition coefficient (Wildman–Crippen LogP) is 7.51. The fraction of sp³-hybridized carbons (Fsp3) is 0.897. The van der Waals surface area contributed by atoms with Crippen LogP contribution in [-0.4, -0.2) is 17.5 Å². The molecule has 2 saturated carbocycles. The van der Waals surface area contributed by atoms with Gasteiger partial charge in [-0.3, -0.25) is 4.79 Å². The van der Waals surface area contributed by atoms with Crippen molar-refractivity contribution in [3.63, 3.8) is 0 Å². The molecule has 0 bridgehead atoms. The Balaban J connectivity index is 1.47. The SMILES string of the molecule is C[C@@H]([C@@H]1CCC(C)(C)O1)[C@H]1CC[C@@]2(C)C3=C(CC[C@@]12C)[C@]1(C)CCC(=O)[C@@H](C)[C@@H]1CC3. The summed E-state index contributed by atoms with van der Waals surface area (Å²) in [5, 5.41) is 0. The maximum atomic E-state index is 12.5. The molecule has 0 unspecified atom stereocenters. The third-order valence-corrected chi connectivity index (χ3v) is 11.9. The Morgan fingerprint density at radius 3 is 2.29 bits per heavy atom. The number of Topliss-reactive ketones (excluding diaryl/α,β-unsaturated/α-hetero) is 1. The first-order chi connectivity index (χ1) is 14.4. The molecule has 31 heavy (non-hydrogen) atoms. The van der Waals surface area contributed by atoms with Crippen LogP contribution in [0.4, 0.5) is 0 Å². The monoisotopic (exact) mass is 426 g/mol. The van der Waals surface area contributed by atoms with Gasteiger partial charge in [-0.15, -0.1) is 0 Å². The summed E-state index contributed by atoms with van der Waals surface area (Å²) in [5.74, 6) is 2.77. The van der Waals surface area contributed by atoms with Gasteiger partial charge in [0.25, 0.3) is 0 Å². The Kier molecular flexibility index (Phi) is 4.96. The van der Waals surface area contributed by atoms with Gasteiger partial charge in [0.05, 0.1) is 11.7 Å². The molecule has 1 heterocycles. The zero-order valence-electron chi connectivity index (χ0n) is 21.3. The summed E-state index contributed by atoms with van der Waals surface area (Å²) in [6, 6.07) is 0. The van der Waals surface area contributed by atoms with Gasteiger partial charge in [0.15, 0.2) is 0 Å². The molecular formula is C29H46O2. The fourth-order valence-corrected chi connectivity index (χ4v) is 9.65. The van der Waals surface area contributed by atoms with Crippen molar-refractivity contribution >= 4 is 5.78 Å². The van der Waals surface area contributed by atoms with Gasteiger partial charge >= 0.3 is 0 Å². The van der Waals surface area contributed by atoms with Crippen LogP contribution >= 0.6 is 0 Å². The topological polar surface area (TPSA) is 26.3 Å². The molecule has 1 saturated heterocycles. The second kappa shape index (κ2) is 6.94. The van der Waals surface area contributed by atoms with Crippen LogP contribution in [0.15, 0.2) is 11.1 Å². The molecule has 5 rings (SSSR count). The first kappa shape index (κ1) is 22.2. The van der Waals surface area contributed by atoms with E-state index in [1.165, 1.54) is 51.4 Å². The Bertz CT molecular complexity index is 808. The van der Waals surface area contributed by atoms with Gasteiger partial charge in [-0.05, 0) is 106 Å². The normalized spacial score (nSPS) is 50.1. The van der Waals surface area contributed by atoms with Gasteiger partial charge in [0.2, 0.25) is 0 Å². The average Bonchev–Trinajstić information content (AvgIpc) is 3.21. The molecular weight excluding hydrogens is 380 g/mol. The van der Waals surface area contributed by atoms with Crippen molar-refractivity contribution < 1.29 is 9.53 Å². The molecule has 0 radical (unpaired) electrons. The fourth-order valence-electron chi connectivity index (χ4n) is 9.65. The van der Waals surface area contributed by atoms with E-state index in [0.29, 0.717) is 34.6 Å². The van der Waals surface area contributed by atoms with Crippen LogP contribution in [0.25, 0.3) is 0 Å². The molecule has 8 atom stereocenters. The molecule has 5 aliphatic rings. The second-order valence-corrected chi connectivity index (χ2v) is 13.5. The summed E-state index contributed by atoms with van der Waals surface area (Å²) < 4.78 is 6.55. The van der Waals surface area contributed by atoms with Crippen LogP contribution in [0, 0.1) is 39.9 Å². The lowest BCUT2D eigenvalue weighted by atomic mass is 9.45. The zero-order valence-corrected chi connectivity index (χ0v) is 21.3. The number of carbonyl (C=O) groups is 1. The summed E-state index contributed by atoms with van der Waals surface area (Å²) in [4.78, 5) is 12.5. The molecule has 174 valence electrons. The van der Waals surface area contributed by atoms with Crippen LogP contribution in [0.1, 0.15) is 113 Å². The summed E-state index contributed by atoms with van der Waals surface area (Å²) in [7, 11) is 0. The third kappa shape index (κ3) is 2.95. The quantitative estimate of drug-likeness (QED) is 0.427. The lowest BCUT2D eigenvalue weighted by Gasteiger charge is -2.59. The van der Waals surface area contributed by atoms with Crippen molar-refractivity contribution in [1.82, 2.24) is 0 Å². The molecule has 1 aliphatic heterocycles. The average molecular weight is 427 g/mol. The van der Waals surface area contributed by atoms with Crippen LogP contribution < -0.4 is 0 Å². The smallest absolute Gasteiger partial charge is 0.136 e. The minimum absolute atomic E-state index is 0.0616. The molecule has 0 aromatic rings. The van der Waals surface area contributed by atoms with E-state index in [-0.39, 0.29) is 16.9 Å². The Labute approximate surface area is 191 Å². The molecule has 0 amide bonds. The standard InChI is InChI=1S/C29H46O2/c1-18-20-8-9-23-22(27(20,5)15-12-24(18)30)11-17-28(6)21(10-16-29(23,28)7)19(2)25-13-14-26(3,4)31-25/h18-21,25H,8-17H2,1-7H3/t18-,19+,20-,21+,25-,27+,28-,29-/m0/s1. The number of hydrogen-bond donors (Lipinski definition) is 0. The maximum Gasteiger partial charge on any atom is 0.136 e. The minimum atomic E-state index is 0.0616. The lowest BCUT2D eigenvalue weighted by molar-refractivity contribution is -0.130. The number of allylic oxidation sites excluding steroid dienone is 2. The van der Waals surface area contributed by atoms with Crippen molar-refractivity contribution in [2.75, 3.05) is 0 Å². The minimum Gasteiger partial charge on any atom is -0.372 e. The number of carbonyl (C=O) groups excluding carboxylic acids is 1. The van der Waals surface area contributed by atoms with E-state index in [0.717, 1.165) is 18.8 Å². The highest BCUT2D eigenvalue weighted by Gasteiger charge is 2.62. The number of rotatable bonds is 2. The first-order valence-corrected chi connectivity index (χ1v) is 13.4. The van der Waals surface area contributed by atoms with E-state index in [2.05, 4.69) is 48.5 Å². The van der Waals surface area contributed by atoms with Gasteiger partial charge < -0.3 is 4.74 Å². The van der Waals surface area contributed by atoms with Crippen LogP contribution in [-0.2, 0) is 9.53 Å². The first-order valence-electron chi connectivity index (χ1n) is 13.4. The van der Waals surface area contributed by atoms with Crippen molar-refractivity contribution in [2.45, 2.75) is 124 Å². The zero-order chi connectivity index (χ0) is 22.4. The Morgan fingerprint density at radius 1 is 0.871 bits per heavy atom. The molecule has 0 aromatic heterocycles. The molecule has 2 heteroatoms. The molecule has 0 N–H and O–H groups in total. The molecule has 0 aromatic carbocycles. The summed E-state index contributed by atoms with van der Waals surface area (Å²) in [5.41, 5.74) is 4.70. The van der Waals surface area contributed by atoms with Crippen LogP contribution in [0.2, 0.25) is 0 Å². The van der Waals surface area contributed by atoms with Gasteiger partial charge in [0.1, 0.15) is 5.78 Å². The van der Waals surface area contributed by atoms with Crippen molar-refractivity contribution in [3.8, 4) is 0 Å². The summed E-state index contributed by atoms with van der Waals surface area (Å²) >= 11 is 0. The highest BCUT2D eigenvalue weighted by Crippen LogP contribution is 2.71. The van der Waals surface area contributed by atoms with E-state index >= 15 is 0 Å². The van der Waals surface area contributed by atoms with Crippen LogP contribution in [0.3, 0.4) is 0 Å². The number of ether oxygens (including phenoxy) is 1. The number of fused-ring (bicyclic) bond motifs is 4.